The SMILES string of the molecule is CCCCCCCCCCCC(=O)OC(=O)CCCCCCCCCCC.[NaH].[NaH]. The number of carbonyl (C=O) groups is 2. The van der Waals surface area contributed by atoms with Crippen molar-refractivity contribution in [1.82, 2.24) is 0 Å². The van der Waals surface area contributed by atoms with Gasteiger partial charge >= 0.3 is 71.1 Å². The van der Waals surface area contributed by atoms with Crippen LogP contribution in [0, 0.1) is 0 Å². The number of esters is 2. The predicted molar refractivity (Wildman–Crippen MR) is 129 cm³/mol. The van der Waals surface area contributed by atoms with Crippen molar-refractivity contribution >= 4 is 71.1 Å². The molecule has 164 valence electrons. The van der Waals surface area contributed by atoms with Crippen LogP contribution < -0.4 is 0 Å². The molecule has 0 aromatic heterocycles. The molecular weight excluding hydrogens is 382 g/mol. The van der Waals surface area contributed by atoms with Gasteiger partial charge in [0.25, 0.3) is 0 Å². The Labute approximate surface area is 225 Å². The van der Waals surface area contributed by atoms with Crippen molar-refractivity contribution in [3.8, 4) is 0 Å². The third kappa shape index (κ3) is 29.1. The second-order valence-electron chi connectivity index (χ2n) is 8.00. The van der Waals surface area contributed by atoms with Crippen LogP contribution in [0.15, 0.2) is 0 Å². The molecule has 0 rings (SSSR count). The number of ether oxygens (including phenoxy) is 1. The van der Waals surface area contributed by atoms with E-state index in [9.17, 15) is 9.59 Å². The fourth-order valence-electron chi connectivity index (χ4n) is 3.39. The minimum absolute atomic E-state index is 0. The topological polar surface area (TPSA) is 43.4 Å². The number of unbranched alkanes of at least 4 members (excludes halogenated alkanes) is 16. The van der Waals surface area contributed by atoms with E-state index in [1.165, 1.54) is 89.9 Å². The molecule has 0 radical (unpaired) electrons. The van der Waals surface area contributed by atoms with Crippen LogP contribution in [0.3, 0.4) is 0 Å². The quantitative estimate of drug-likeness (QED) is 0.0945. The Morgan fingerprint density at radius 3 is 0.966 bits per heavy atom. The summed E-state index contributed by atoms with van der Waals surface area (Å²) in [5.74, 6) is -0.669. The standard InChI is InChI=1S/C24H46O3.2Na.2H/c1-3-5-7-9-11-13-15-17-19-21-23(25)27-24(26)22-20-18-16-14-12-10-8-6-4-2;;;;/h3-22H2,1-2H3;;;;. The third-order valence-electron chi connectivity index (χ3n) is 5.20. The summed E-state index contributed by atoms with van der Waals surface area (Å²) < 4.78 is 4.92. The molecule has 0 spiro atoms. The van der Waals surface area contributed by atoms with Gasteiger partial charge in [-0.05, 0) is 12.8 Å². The number of rotatable bonds is 20. The number of carbonyl (C=O) groups excluding carboxylic acids is 2. The van der Waals surface area contributed by atoms with E-state index in [4.69, 9.17) is 4.74 Å². The van der Waals surface area contributed by atoms with Gasteiger partial charge in [0.2, 0.25) is 0 Å². The van der Waals surface area contributed by atoms with Crippen molar-refractivity contribution in [2.75, 3.05) is 0 Å². The molecule has 0 amide bonds. The molecule has 0 aromatic carbocycles. The summed E-state index contributed by atoms with van der Waals surface area (Å²) in [4.78, 5) is 23.4. The first-order valence-electron chi connectivity index (χ1n) is 11.9. The van der Waals surface area contributed by atoms with E-state index in [2.05, 4.69) is 13.8 Å². The molecule has 0 N–H and O–H groups in total. The van der Waals surface area contributed by atoms with E-state index < -0.39 is 0 Å². The summed E-state index contributed by atoms with van der Waals surface area (Å²) in [6.07, 6.45) is 22.8. The van der Waals surface area contributed by atoms with Crippen molar-refractivity contribution in [2.24, 2.45) is 0 Å². The zero-order valence-corrected chi connectivity index (χ0v) is 18.4. The van der Waals surface area contributed by atoms with Crippen LogP contribution in [0.4, 0.5) is 0 Å². The molecule has 0 aromatic rings. The van der Waals surface area contributed by atoms with Crippen LogP contribution in [-0.4, -0.2) is 71.1 Å². The minimum atomic E-state index is -0.334. The van der Waals surface area contributed by atoms with Gasteiger partial charge in [-0.1, -0.05) is 117 Å². The van der Waals surface area contributed by atoms with E-state index in [1.807, 2.05) is 0 Å². The van der Waals surface area contributed by atoms with Gasteiger partial charge in [-0.25, -0.2) is 0 Å². The van der Waals surface area contributed by atoms with Crippen LogP contribution >= 0.6 is 0 Å². The summed E-state index contributed by atoms with van der Waals surface area (Å²) in [7, 11) is 0. The summed E-state index contributed by atoms with van der Waals surface area (Å²) in [6, 6.07) is 0. The van der Waals surface area contributed by atoms with Crippen molar-refractivity contribution in [2.45, 2.75) is 142 Å². The average molecular weight is 431 g/mol. The first kappa shape index (κ1) is 34.7. The van der Waals surface area contributed by atoms with Gasteiger partial charge < -0.3 is 4.74 Å². The Morgan fingerprint density at radius 1 is 0.448 bits per heavy atom. The molecule has 0 fully saturated rings. The van der Waals surface area contributed by atoms with Crippen molar-refractivity contribution < 1.29 is 14.3 Å². The molecule has 0 aliphatic heterocycles. The molecule has 29 heavy (non-hydrogen) atoms. The molecule has 0 unspecified atom stereocenters. The van der Waals surface area contributed by atoms with Crippen LogP contribution in [0.25, 0.3) is 0 Å². The molecule has 0 heterocycles. The van der Waals surface area contributed by atoms with Crippen molar-refractivity contribution in [1.29, 1.82) is 0 Å². The first-order valence-corrected chi connectivity index (χ1v) is 11.9. The molecule has 5 heteroatoms. The molecule has 3 nitrogen and oxygen atoms in total. The first-order chi connectivity index (χ1) is 13.2. The van der Waals surface area contributed by atoms with Crippen molar-refractivity contribution in [3.63, 3.8) is 0 Å². The Kier molecular flexibility index (Phi) is 34.9. The average Bonchev–Trinajstić information content (AvgIpc) is 2.65. The van der Waals surface area contributed by atoms with E-state index in [0.717, 1.165) is 25.7 Å². The van der Waals surface area contributed by atoms with Gasteiger partial charge in [0.05, 0.1) is 0 Å². The van der Waals surface area contributed by atoms with Gasteiger partial charge in [0, 0.05) is 12.8 Å². The predicted octanol–water partition coefficient (Wildman–Crippen LogP) is 6.60. The number of hydrogen-bond donors (Lipinski definition) is 0. The van der Waals surface area contributed by atoms with Crippen molar-refractivity contribution in [3.05, 3.63) is 0 Å². The summed E-state index contributed by atoms with van der Waals surface area (Å²) in [5.41, 5.74) is 0. The van der Waals surface area contributed by atoms with Gasteiger partial charge in [0.15, 0.2) is 0 Å². The van der Waals surface area contributed by atoms with Gasteiger partial charge in [-0.2, -0.15) is 0 Å². The fourth-order valence-corrected chi connectivity index (χ4v) is 3.39. The fraction of sp³-hybridized carbons (Fsp3) is 0.917. The van der Waals surface area contributed by atoms with E-state index in [-0.39, 0.29) is 71.1 Å². The third-order valence-corrected chi connectivity index (χ3v) is 5.20. The summed E-state index contributed by atoms with van der Waals surface area (Å²) in [5, 5.41) is 0. The molecule has 0 saturated carbocycles. The Balaban J connectivity index is -0.00000338. The Bertz CT molecular complexity index is 317. The molecule has 0 aliphatic carbocycles. The second kappa shape index (κ2) is 29.1. The van der Waals surface area contributed by atoms with E-state index in [0.29, 0.717) is 12.8 Å². The normalized spacial score (nSPS) is 10.1. The van der Waals surface area contributed by atoms with E-state index in [1.54, 1.807) is 0 Å². The molecule has 0 saturated heterocycles. The van der Waals surface area contributed by atoms with Gasteiger partial charge in [0.1, 0.15) is 0 Å². The zero-order chi connectivity index (χ0) is 20.0. The van der Waals surface area contributed by atoms with E-state index >= 15 is 0 Å². The van der Waals surface area contributed by atoms with Crippen LogP contribution in [-0.2, 0) is 14.3 Å². The van der Waals surface area contributed by atoms with Crippen LogP contribution in [0.1, 0.15) is 142 Å². The Hall–Kier alpha value is 1.14. The van der Waals surface area contributed by atoms with Gasteiger partial charge in [-0.3, -0.25) is 9.59 Å². The van der Waals surface area contributed by atoms with Gasteiger partial charge in [-0.15, -0.1) is 0 Å². The molecule has 0 atom stereocenters. The Morgan fingerprint density at radius 2 is 0.690 bits per heavy atom. The molecule has 0 bridgehead atoms. The molecule has 0 aliphatic rings. The maximum absolute atomic E-state index is 11.7. The summed E-state index contributed by atoms with van der Waals surface area (Å²) >= 11 is 0. The monoisotopic (exact) mass is 430 g/mol. The maximum atomic E-state index is 11.7. The van der Waals surface area contributed by atoms with Crippen LogP contribution in [0.5, 0.6) is 0 Å². The second-order valence-corrected chi connectivity index (χ2v) is 8.00. The molecular formula is C24H48Na2O3. The summed E-state index contributed by atoms with van der Waals surface area (Å²) in [6.45, 7) is 4.47. The zero-order valence-electron chi connectivity index (χ0n) is 18.4. The number of hydrogen-bond acceptors (Lipinski definition) is 3. The van der Waals surface area contributed by atoms with Crippen LogP contribution in [0.2, 0.25) is 0 Å².